The zero-order valence-electron chi connectivity index (χ0n) is 22.9. The molecule has 220 valence electrons. The van der Waals surface area contributed by atoms with E-state index in [9.17, 15) is 14.4 Å². The van der Waals surface area contributed by atoms with Crippen molar-refractivity contribution in [1.29, 1.82) is 0 Å². The monoisotopic (exact) mass is 646 g/mol. The molecule has 2 atom stereocenters. The van der Waals surface area contributed by atoms with Gasteiger partial charge in [0.05, 0.1) is 15.6 Å². The van der Waals surface area contributed by atoms with Crippen LogP contribution in [-0.2, 0) is 28.7 Å². The van der Waals surface area contributed by atoms with Crippen LogP contribution >= 0.6 is 46.7 Å². The molecule has 5 rings (SSSR count). The minimum absolute atomic E-state index is 0.0195. The first-order valence-electron chi connectivity index (χ1n) is 12.5. The van der Waals surface area contributed by atoms with Crippen molar-refractivity contribution in [3.8, 4) is 0 Å². The van der Waals surface area contributed by atoms with Crippen molar-refractivity contribution in [2.45, 2.75) is 32.2 Å². The van der Waals surface area contributed by atoms with E-state index in [2.05, 4.69) is 15.5 Å². The highest BCUT2D eigenvalue weighted by Crippen LogP contribution is 2.45. The molecule has 1 unspecified atom stereocenters. The molecule has 0 bridgehead atoms. The molecule has 42 heavy (non-hydrogen) atoms. The molecule has 4 heterocycles. The number of thioether (sulfide) groups is 1. The second-order valence-electron chi connectivity index (χ2n) is 10.1. The lowest BCUT2D eigenvalue weighted by Crippen LogP contribution is -2.71. The standard InChI is InChI=1S/C26H26N6O6S4/c1-26(2,3)24(35)38-11-37-23(39)18-12(20-28-13-7-5-6-8-15(13)42-20)9-40-22-17(21(34)32(18)22)30-19(33)16(31-36-4)14-10-41-25(27)29-14/h5-8,10,17,22H,9,11H2,1-4H3,(H2,27,29)(H,30,33)/b31-16-/t17?,22-/m1/s1. The summed E-state index contributed by atoms with van der Waals surface area (Å²) in [5.74, 6) is -1.07. The van der Waals surface area contributed by atoms with E-state index >= 15 is 0 Å². The number of thiocarbonyl (C=S) groups is 1. The first kappa shape index (κ1) is 29.9. The molecule has 16 heteroatoms. The van der Waals surface area contributed by atoms with Crippen LogP contribution < -0.4 is 11.1 Å². The van der Waals surface area contributed by atoms with E-state index in [4.69, 9.17) is 37.2 Å². The molecular formula is C26H26N6O6S4. The maximum atomic E-state index is 13.6. The smallest absolute Gasteiger partial charge is 0.314 e. The van der Waals surface area contributed by atoms with Gasteiger partial charge in [-0.05, 0) is 45.1 Å². The van der Waals surface area contributed by atoms with Crippen LogP contribution in [0, 0.1) is 5.41 Å². The minimum Gasteiger partial charge on any atom is -0.445 e. The molecule has 2 aliphatic rings. The molecule has 1 fully saturated rings. The summed E-state index contributed by atoms with van der Waals surface area (Å²) in [5, 5.41) is 8.54. The molecular weight excluding hydrogens is 621 g/mol. The lowest BCUT2D eigenvalue weighted by Gasteiger charge is -2.50. The van der Waals surface area contributed by atoms with E-state index in [-0.39, 0.29) is 21.6 Å². The summed E-state index contributed by atoms with van der Waals surface area (Å²) in [5.41, 5.74) is 7.00. The third kappa shape index (κ3) is 5.84. The highest BCUT2D eigenvalue weighted by Gasteiger charge is 2.54. The predicted molar refractivity (Wildman–Crippen MR) is 166 cm³/mol. The highest BCUT2D eigenvalue weighted by molar-refractivity contribution is 8.00. The van der Waals surface area contributed by atoms with Crippen LogP contribution in [0.5, 0.6) is 0 Å². The molecule has 0 saturated carbocycles. The molecule has 12 nitrogen and oxygen atoms in total. The van der Waals surface area contributed by atoms with Crippen molar-refractivity contribution in [2.24, 2.45) is 10.6 Å². The Bertz CT molecular complexity index is 1610. The van der Waals surface area contributed by atoms with E-state index in [1.54, 1.807) is 26.2 Å². The maximum absolute atomic E-state index is 13.6. The number of para-hydroxylation sites is 1. The number of nitrogens with one attached hydrogen (secondary N) is 1. The highest BCUT2D eigenvalue weighted by atomic mass is 32.2. The topological polar surface area (TPSA) is 158 Å². The van der Waals surface area contributed by atoms with E-state index < -0.39 is 41.4 Å². The Morgan fingerprint density at radius 2 is 2.00 bits per heavy atom. The van der Waals surface area contributed by atoms with Gasteiger partial charge < -0.3 is 25.4 Å². The number of fused-ring (bicyclic) bond motifs is 2. The zero-order valence-corrected chi connectivity index (χ0v) is 26.2. The number of amides is 2. The fourth-order valence-corrected chi connectivity index (χ4v) is 7.36. The Hall–Kier alpha value is -3.60. The molecule has 3 aromatic rings. The number of esters is 1. The summed E-state index contributed by atoms with van der Waals surface area (Å²) in [6, 6.07) is 6.82. The molecule has 2 aliphatic heterocycles. The van der Waals surface area contributed by atoms with Crippen LogP contribution in [0.1, 0.15) is 31.5 Å². The number of anilines is 1. The predicted octanol–water partition coefficient (Wildman–Crippen LogP) is 3.39. The number of carbonyl (C=O) groups is 3. The number of benzene rings is 1. The number of ether oxygens (including phenoxy) is 2. The number of carbonyl (C=O) groups excluding carboxylic acids is 3. The zero-order chi connectivity index (χ0) is 30.2. The second-order valence-corrected chi connectivity index (χ2v) is 13.5. The number of oxime groups is 1. The van der Waals surface area contributed by atoms with Crippen LogP contribution in [0.2, 0.25) is 0 Å². The molecule has 2 aromatic heterocycles. The third-order valence-corrected chi connectivity index (χ3v) is 9.52. The summed E-state index contributed by atoms with van der Waals surface area (Å²) >= 11 is 9.69. The quantitative estimate of drug-likeness (QED) is 0.0923. The van der Waals surface area contributed by atoms with Gasteiger partial charge in [-0.3, -0.25) is 19.3 Å². The van der Waals surface area contributed by atoms with Crippen molar-refractivity contribution >= 4 is 96.1 Å². The van der Waals surface area contributed by atoms with Crippen molar-refractivity contribution in [3.05, 3.63) is 46.0 Å². The van der Waals surface area contributed by atoms with E-state index in [1.165, 1.54) is 35.1 Å². The first-order valence-corrected chi connectivity index (χ1v) is 15.7. The fraction of sp³-hybridized carbons (Fsp3) is 0.346. The van der Waals surface area contributed by atoms with Gasteiger partial charge in [-0.15, -0.1) is 34.4 Å². The number of nitrogens with zero attached hydrogens (tertiary/aromatic N) is 4. The van der Waals surface area contributed by atoms with Crippen molar-refractivity contribution in [2.75, 3.05) is 25.4 Å². The molecule has 0 radical (unpaired) electrons. The van der Waals surface area contributed by atoms with E-state index in [1.807, 2.05) is 24.3 Å². The number of hydrogen-bond acceptors (Lipinski definition) is 14. The molecule has 2 amide bonds. The maximum Gasteiger partial charge on any atom is 0.314 e. The van der Waals surface area contributed by atoms with Crippen LogP contribution in [-0.4, -0.2) is 74.5 Å². The number of hydrogen-bond donors (Lipinski definition) is 2. The van der Waals surface area contributed by atoms with Gasteiger partial charge in [-0.25, -0.2) is 9.97 Å². The number of rotatable bonds is 8. The van der Waals surface area contributed by atoms with Crippen LogP contribution in [0.3, 0.4) is 0 Å². The van der Waals surface area contributed by atoms with Gasteiger partial charge in [0.1, 0.15) is 34.9 Å². The van der Waals surface area contributed by atoms with Gasteiger partial charge in [0.25, 0.3) is 11.8 Å². The molecule has 1 saturated heterocycles. The second kappa shape index (κ2) is 11.9. The first-order chi connectivity index (χ1) is 20.0. The Morgan fingerprint density at radius 3 is 2.67 bits per heavy atom. The van der Waals surface area contributed by atoms with E-state index in [0.29, 0.717) is 22.0 Å². The number of nitrogen functional groups attached to an aromatic ring is 1. The Kier molecular flexibility index (Phi) is 8.50. The fourth-order valence-electron chi connectivity index (χ4n) is 4.10. The number of aromatic nitrogens is 2. The SMILES string of the molecule is CO/N=C(\C(=O)NC1C(=O)N2C(C(=S)OCOC(=O)C(C)(C)C)=C(c3nc4ccccc4s3)CS[C@H]12)c1csc(N)n1. The Morgan fingerprint density at radius 1 is 1.24 bits per heavy atom. The summed E-state index contributed by atoms with van der Waals surface area (Å²) in [7, 11) is 1.30. The van der Waals surface area contributed by atoms with Crippen molar-refractivity contribution in [3.63, 3.8) is 0 Å². The van der Waals surface area contributed by atoms with Crippen molar-refractivity contribution in [1.82, 2.24) is 20.2 Å². The normalized spacial score (nSPS) is 18.8. The average Bonchev–Trinajstić information content (AvgIpc) is 3.59. The molecule has 0 aliphatic carbocycles. The number of nitrogens with two attached hydrogens (primary N) is 1. The number of thiazole rings is 2. The third-order valence-electron chi connectivity index (χ3n) is 6.15. The van der Waals surface area contributed by atoms with Crippen molar-refractivity contribution < 1.29 is 28.7 Å². The Labute approximate surface area is 258 Å². The largest absolute Gasteiger partial charge is 0.445 e. The molecule has 1 aromatic carbocycles. The molecule has 0 spiro atoms. The summed E-state index contributed by atoms with van der Waals surface area (Å²) in [6.45, 7) is 4.76. The van der Waals surface area contributed by atoms with Gasteiger partial charge in [0, 0.05) is 16.7 Å². The summed E-state index contributed by atoms with van der Waals surface area (Å²) in [6.07, 6.45) is 0. The van der Waals surface area contributed by atoms with Gasteiger partial charge >= 0.3 is 5.97 Å². The number of β-lactam (4-membered cyclic amide) rings is 1. The molecule has 3 N–H and O–H groups in total. The van der Waals surface area contributed by atoms with Gasteiger partial charge in [0.15, 0.2) is 10.8 Å². The Balaban J connectivity index is 1.41. The van der Waals surface area contributed by atoms with Crippen LogP contribution in [0.25, 0.3) is 15.8 Å². The van der Waals surface area contributed by atoms with E-state index in [0.717, 1.165) is 21.6 Å². The van der Waals surface area contributed by atoms with Gasteiger partial charge in [-0.1, -0.05) is 17.3 Å². The van der Waals surface area contributed by atoms with Crippen LogP contribution in [0.15, 0.2) is 40.5 Å². The van der Waals surface area contributed by atoms with Gasteiger partial charge in [-0.2, -0.15) is 0 Å². The average molecular weight is 647 g/mol. The summed E-state index contributed by atoms with van der Waals surface area (Å²) < 4.78 is 11.9. The minimum atomic E-state index is -0.881. The van der Waals surface area contributed by atoms with Gasteiger partial charge in [0.2, 0.25) is 11.8 Å². The lowest BCUT2D eigenvalue weighted by molar-refractivity contribution is -0.160. The van der Waals surface area contributed by atoms with Crippen LogP contribution in [0.4, 0.5) is 5.13 Å². The summed E-state index contributed by atoms with van der Waals surface area (Å²) in [4.78, 5) is 54.1. The lowest BCUT2D eigenvalue weighted by atomic mass is 9.98.